The number of benzene rings is 1. The van der Waals surface area contributed by atoms with E-state index >= 15 is 0 Å². The van der Waals surface area contributed by atoms with Gasteiger partial charge in [0.25, 0.3) is 5.91 Å². The van der Waals surface area contributed by atoms with Gasteiger partial charge in [0.1, 0.15) is 5.82 Å². The maximum Gasteiger partial charge on any atom is 0.313 e. The van der Waals surface area contributed by atoms with Crippen LogP contribution < -0.4 is 10.6 Å². The lowest BCUT2D eigenvalue weighted by Crippen LogP contribution is -2.43. The van der Waals surface area contributed by atoms with Gasteiger partial charge in [-0.25, -0.2) is 9.38 Å². The Morgan fingerprint density at radius 1 is 1.34 bits per heavy atom. The summed E-state index contributed by atoms with van der Waals surface area (Å²) in [6.45, 7) is 0. The van der Waals surface area contributed by atoms with Crippen LogP contribution in [0.3, 0.4) is 0 Å². The highest BCUT2D eigenvalue weighted by Gasteiger charge is 2.27. The number of rotatable bonds is 4. The lowest BCUT2D eigenvalue weighted by molar-refractivity contribution is -0.114. The van der Waals surface area contributed by atoms with Crippen molar-refractivity contribution in [1.82, 2.24) is 5.32 Å². The minimum absolute atomic E-state index is 0.00142. The molecule has 3 rings (SSSR count). The predicted molar refractivity (Wildman–Crippen MR) is 109 cm³/mol. The van der Waals surface area contributed by atoms with Gasteiger partial charge in [0.05, 0.1) is 5.75 Å². The first-order valence-corrected chi connectivity index (χ1v) is 9.65. The van der Waals surface area contributed by atoms with Gasteiger partial charge in [-0.1, -0.05) is 17.8 Å². The summed E-state index contributed by atoms with van der Waals surface area (Å²) in [6, 6.07) is 8.24. The summed E-state index contributed by atoms with van der Waals surface area (Å²) in [5.41, 5.74) is -0.188. The molecule has 1 aromatic heterocycles. The number of nitrogens with one attached hydrogen (secondary N) is 3. The van der Waals surface area contributed by atoms with Crippen molar-refractivity contribution in [3.8, 4) is 0 Å². The van der Waals surface area contributed by atoms with E-state index in [4.69, 9.17) is 9.83 Å². The molecule has 9 nitrogen and oxygen atoms in total. The Morgan fingerprint density at radius 3 is 2.79 bits per heavy atom. The number of carbonyl (C=O) groups excluding carboxylic acids is 3. The molecule has 0 unspecified atom stereocenters. The summed E-state index contributed by atoms with van der Waals surface area (Å²) in [6.07, 6.45) is 0. The molecule has 2 aromatic rings. The summed E-state index contributed by atoms with van der Waals surface area (Å²) in [5, 5.41) is 12.7. The standard InChI is InChI=1S/C17H11BrFN5O4S/c18-11-5-4-10(28-11)15(26)22-13-14(20)23-17(24-16(13)27)29-7-12(25)21-9-3-1-2-8(19)6-9/h1-6H,7H2,(H,21,25)(H2,20,23,24,27). The van der Waals surface area contributed by atoms with E-state index in [0.29, 0.717) is 4.67 Å². The highest BCUT2D eigenvalue weighted by atomic mass is 79.9. The Hall–Kier alpha value is -3.12. The average Bonchev–Trinajstić information content (AvgIpc) is 3.09. The van der Waals surface area contributed by atoms with Crippen LogP contribution in [0.5, 0.6) is 0 Å². The van der Waals surface area contributed by atoms with Gasteiger partial charge in [0, 0.05) is 5.69 Å². The van der Waals surface area contributed by atoms with Crippen LogP contribution in [0, 0.1) is 11.2 Å². The Morgan fingerprint density at radius 2 is 2.14 bits per heavy atom. The monoisotopic (exact) mass is 479 g/mol. The molecule has 1 aliphatic rings. The topological polar surface area (TPSA) is 137 Å². The van der Waals surface area contributed by atoms with E-state index in [1.165, 1.54) is 30.3 Å². The molecule has 0 fully saturated rings. The SMILES string of the molecule is N=C1N=C(SCC(=O)Nc2cccc(F)c2)NC(=O)C1=NC(=O)c1ccc(Br)o1. The zero-order chi connectivity index (χ0) is 21.0. The van der Waals surface area contributed by atoms with Crippen LogP contribution in [0.1, 0.15) is 10.6 Å². The smallest absolute Gasteiger partial charge is 0.313 e. The number of hydrogen-bond donors (Lipinski definition) is 3. The largest absolute Gasteiger partial charge is 0.444 e. The molecule has 0 saturated heterocycles. The third kappa shape index (κ3) is 5.45. The van der Waals surface area contributed by atoms with E-state index in [1.807, 2.05) is 0 Å². The van der Waals surface area contributed by atoms with E-state index in [9.17, 15) is 18.8 Å². The van der Waals surface area contributed by atoms with Crippen LogP contribution in [-0.2, 0) is 9.59 Å². The molecule has 148 valence electrons. The second-order valence-corrected chi connectivity index (χ2v) is 7.18. The first-order valence-electron chi connectivity index (χ1n) is 7.87. The Labute approximate surface area is 175 Å². The zero-order valence-corrected chi connectivity index (χ0v) is 16.8. The normalized spacial score (nSPS) is 15.1. The molecule has 0 atom stereocenters. The summed E-state index contributed by atoms with van der Waals surface area (Å²) in [7, 11) is 0. The molecule has 0 saturated carbocycles. The van der Waals surface area contributed by atoms with Crippen molar-refractivity contribution in [1.29, 1.82) is 5.41 Å². The number of anilines is 1. The summed E-state index contributed by atoms with van der Waals surface area (Å²) in [5.74, 6) is -3.38. The molecule has 29 heavy (non-hydrogen) atoms. The Kier molecular flexibility index (Phi) is 6.34. The van der Waals surface area contributed by atoms with Gasteiger partial charge in [-0.2, -0.15) is 4.99 Å². The maximum absolute atomic E-state index is 13.1. The van der Waals surface area contributed by atoms with Gasteiger partial charge < -0.3 is 9.73 Å². The number of carbonyl (C=O) groups is 3. The maximum atomic E-state index is 13.1. The van der Waals surface area contributed by atoms with Crippen LogP contribution in [-0.4, -0.2) is 40.2 Å². The van der Waals surface area contributed by atoms with Crippen LogP contribution in [0.2, 0.25) is 0 Å². The number of aliphatic imine (C=N–C) groups is 2. The lowest BCUT2D eigenvalue weighted by Gasteiger charge is -2.14. The molecule has 2 heterocycles. The average molecular weight is 480 g/mol. The fourth-order valence-corrected chi connectivity index (χ4v) is 3.07. The zero-order valence-electron chi connectivity index (χ0n) is 14.4. The summed E-state index contributed by atoms with van der Waals surface area (Å²) < 4.78 is 18.5. The highest BCUT2D eigenvalue weighted by molar-refractivity contribution is 9.10. The molecule has 12 heteroatoms. The molecule has 3 amide bonds. The predicted octanol–water partition coefficient (Wildman–Crippen LogP) is 2.60. The number of furan rings is 1. The summed E-state index contributed by atoms with van der Waals surface area (Å²) >= 11 is 3.91. The number of hydrogen-bond acceptors (Lipinski definition) is 6. The van der Waals surface area contributed by atoms with Gasteiger partial charge >= 0.3 is 5.91 Å². The minimum atomic E-state index is -0.841. The summed E-state index contributed by atoms with van der Waals surface area (Å²) in [4.78, 5) is 43.5. The van der Waals surface area contributed by atoms with Crippen LogP contribution in [0.15, 0.2) is 55.5 Å². The number of amides is 3. The van der Waals surface area contributed by atoms with Crippen molar-refractivity contribution in [3.63, 3.8) is 0 Å². The molecule has 1 aliphatic heterocycles. The Bertz CT molecular complexity index is 1080. The van der Waals surface area contributed by atoms with E-state index in [2.05, 4.69) is 36.5 Å². The van der Waals surface area contributed by atoms with Crippen molar-refractivity contribution in [3.05, 3.63) is 52.6 Å². The van der Waals surface area contributed by atoms with Gasteiger partial charge in [0.2, 0.25) is 5.91 Å². The first kappa shape index (κ1) is 20.6. The second-order valence-electron chi connectivity index (χ2n) is 5.44. The molecule has 0 spiro atoms. The van der Waals surface area contributed by atoms with Gasteiger partial charge in [-0.05, 0) is 46.3 Å². The minimum Gasteiger partial charge on any atom is -0.444 e. The third-order valence-corrected chi connectivity index (χ3v) is 4.62. The molecular weight excluding hydrogens is 469 g/mol. The molecule has 3 N–H and O–H groups in total. The fraction of sp³-hybridized carbons (Fsp3) is 0.0588. The van der Waals surface area contributed by atoms with Crippen LogP contribution in [0.25, 0.3) is 0 Å². The quantitative estimate of drug-likeness (QED) is 0.618. The molecule has 0 radical (unpaired) electrons. The van der Waals surface area contributed by atoms with E-state index in [1.54, 1.807) is 0 Å². The second kappa shape index (κ2) is 8.92. The van der Waals surface area contributed by atoms with Crippen LogP contribution in [0.4, 0.5) is 10.1 Å². The van der Waals surface area contributed by atoms with E-state index < -0.39 is 35.1 Å². The van der Waals surface area contributed by atoms with E-state index in [0.717, 1.165) is 17.8 Å². The van der Waals surface area contributed by atoms with Gasteiger partial charge in [-0.15, -0.1) is 0 Å². The molecule has 1 aromatic carbocycles. The number of amidine groups is 2. The van der Waals surface area contributed by atoms with Crippen molar-refractivity contribution in [2.75, 3.05) is 11.1 Å². The fourth-order valence-electron chi connectivity index (χ4n) is 2.10. The molecule has 0 bridgehead atoms. The Balaban J connectivity index is 1.61. The molecule has 0 aliphatic carbocycles. The highest BCUT2D eigenvalue weighted by Crippen LogP contribution is 2.16. The van der Waals surface area contributed by atoms with Crippen molar-refractivity contribution < 1.29 is 23.2 Å². The third-order valence-electron chi connectivity index (χ3n) is 3.32. The van der Waals surface area contributed by atoms with Gasteiger partial charge in [-0.3, -0.25) is 25.1 Å². The number of thioether (sulfide) groups is 1. The number of halogens is 2. The lowest BCUT2D eigenvalue weighted by atomic mass is 10.3. The van der Waals surface area contributed by atoms with E-state index in [-0.39, 0.29) is 22.4 Å². The number of nitrogens with zero attached hydrogens (tertiary/aromatic N) is 2. The van der Waals surface area contributed by atoms with Crippen molar-refractivity contribution in [2.45, 2.75) is 0 Å². The van der Waals surface area contributed by atoms with Crippen molar-refractivity contribution >= 4 is 67.8 Å². The van der Waals surface area contributed by atoms with Gasteiger partial charge in [0.15, 0.2) is 27.1 Å². The van der Waals surface area contributed by atoms with Crippen LogP contribution >= 0.6 is 27.7 Å². The first-order chi connectivity index (χ1) is 13.8. The molecular formula is C17H11BrFN5O4S. The van der Waals surface area contributed by atoms with Crippen molar-refractivity contribution in [2.24, 2.45) is 9.98 Å².